The van der Waals surface area contributed by atoms with Crippen LogP contribution in [0.1, 0.15) is 35.2 Å². The van der Waals surface area contributed by atoms with Crippen LogP contribution < -0.4 is 5.32 Å². The fraction of sp³-hybridized carbons (Fsp3) is 0.333. The Kier molecular flexibility index (Phi) is 6.76. The minimum atomic E-state index is -3.59. The molecule has 0 aliphatic carbocycles. The maximum absolute atomic E-state index is 12.7. The van der Waals surface area contributed by atoms with Gasteiger partial charge in [-0.15, -0.1) is 10.2 Å². The molecule has 11 heteroatoms. The Morgan fingerprint density at radius 3 is 2.53 bits per heavy atom. The van der Waals surface area contributed by atoms with E-state index < -0.39 is 15.1 Å². The van der Waals surface area contributed by atoms with E-state index in [2.05, 4.69) is 15.5 Å². The number of aromatic nitrogens is 3. The molecule has 0 aliphatic heterocycles. The summed E-state index contributed by atoms with van der Waals surface area (Å²) in [5, 5.41) is 19.8. The lowest BCUT2D eigenvalue weighted by Gasteiger charge is -2.11. The topological polar surface area (TPSA) is 131 Å². The number of nitrogens with zero attached hydrogens (tertiary/aromatic N) is 4. The zero-order valence-corrected chi connectivity index (χ0v) is 20.0. The summed E-state index contributed by atoms with van der Waals surface area (Å²) in [4.78, 5) is 12.8. The number of carbonyl (C=O) groups is 1. The normalized spacial score (nSPS) is 12.4. The van der Waals surface area contributed by atoms with Gasteiger partial charge in [0.25, 0.3) is 0 Å². The predicted molar refractivity (Wildman–Crippen MR) is 120 cm³/mol. The van der Waals surface area contributed by atoms with Crippen molar-refractivity contribution in [2.24, 2.45) is 7.05 Å². The first-order valence-corrected chi connectivity index (χ1v) is 12.2. The van der Waals surface area contributed by atoms with Crippen molar-refractivity contribution in [2.45, 2.75) is 48.7 Å². The van der Waals surface area contributed by atoms with E-state index in [0.717, 1.165) is 17.3 Å². The number of carbonyl (C=O) groups excluding carboxylic acids is 1. The maximum Gasteiger partial charge on any atom is 0.240 e. The summed E-state index contributed by atoms with van der Waals surface area (Å²) < 4.78 is 32.5. The summed E-state index contributed by atoms with van der Waals surface area (Å²) in [6.07, 6.45) is 0. The minimum Gasteiger partial charge on any atom is -0.444 e. The standard InChI is InChI=1S/C21H23N5O4S2/c1-12-6-8-16(9-7-12)32(28,29)11-18-24-25-21(26(18)5)31-15(4)19(27)23-20-17(10-22)13(2)14(3)30-20/h6-9,15H,11H2,1-5H3,(H,23,27). The summed E-state index contributed by atoms with van der Waals surface area (Å²) in [5.41, 5.74) is 1.93. The minimum absolute atomic E-state index is 0.114. The van der Waals surface area contributed by atoms with Gasteiger partial charge in [-0.3, -0.25) is 10.1 Å². The first-order valence-electron chi connectivity index (χ1n) is 9.68. The maximum atomic E-state index is 12.7. The highest BCUT2D eigenvalue weighted by atomic mass is 32.2. The fourth-order valence-corrected chi connectivity index (χ4v) is 4.99. The molecule has 0 saturated heterocycles. The third kappa shape index (κ3) is 4.87. The molecule has 0 spiro atoms. The highest BCUT2D eigenvalue weighted by Gasteiger charge is 2.24. The smallest absolute Gasteiger partial charge is 0.240 e. The molecule has 3 aromatic rings. The number of amides is 1. The van der Waals surface area contributed by atoms with Gasteiger partial charge in [0.05, 0.1) is 10.1 Å². The second kappa shape index (κ2) is 9.18. The molecule has 1 N–H and O–H groups in total. The zero-order valence-electron chi connectivity index (χ0n) is 18.3. The summed E-state index contributed by atoms with van der Waals surface area (Å²) in [7, 11) is -1.94. The van der Waals surface area contributed by atoms with Gasteiger partial charge in [-0.25, -0.2) is 8.42 Å². The third-order valence-corrected chi connectivity index (χ3v) is 7.77. The molecule has 168 valence electrons. The van der Waals surface area contributed by atoms with Crippen molar-refractivity contribution in [3.05, 3.63) is 52.5 Å². The quantitative estimate of drug-likeness (QED) is 0.517. The van der Waals surface area contributed by atoms with Crippen molar-refractivity contribution in [3.63, 3.8) is 0 Å². The summed E-state index contributed by atoms with van der Waals surface area (Å²) in [6.45, 7) is 7.02. The lowest BCUT2D eigenvalue weighted by atomic mass is 10.2. The number of benzene rings is 1. The molecule has 1 atom stereocenters. The van der Waals surface area contributed by atoms with Crippen molar-refractivity contribution in [2.75, 3.05) is 5.32 Å². The number of nitriles is 1. The lowest BCUT2D eigenvalue weighted by Crippen LogP contribution is -2.23. The summed E-state index contributed by atoms with van der Waals surface area (Å²) in [5.74, 6) is 0.256. The third-order valence-electron chi connectivity index (χ3n) is 5.01. The molecule has 1 aromatic carbocycles. The van der Waals surface area contributed by atoms with E-state index in [-0.39, 0.29) is 33.8 Å². The highest BCUT2D eigenvalue weighted by molar-refractivity contribution is 8.00. The second-order valence-electron chi connectivity index (χ2n) is 7.38. The zero-order chi connectivity index (χ0) is 23.6. The van der Waals surface area contributed by atoms with Gasteiger partial charge in [0.2, 0.25) is 11.8 Å². The molecular formula is C21H23N5O4S2. The molecule has 9 nitrogen and oxygen atoms in total. The van der Waals surface area contributed by atoms with Gasteiger partial charge >= 0.3 is 0 Å². The Morgan fingerprint density at radius 1 is 1.25 bits per heavy atom. The Morgan fingerprint density at radius 2 is 1.91 bits per heavy atom. The highest BCUT2D eigenvalue weighted by Crippen LogP contribution is 2.28. The van der Waals surface area contributed by atoms with Crippen LogP contribution in [0.15, 0.2) is 38.7 Å². The molecule has 0 bridgehead atoms. The van der Waals surface area contributed by atoms with Crippen LogP contribution in [0.2, 0.25) is 0 Å². The molecule has 32 heavy (non-hydrogen) atoms. The van der Waals surface area contributed by atoms with E-state index in [1.807, 2.05) is 13.0 Å². The van der Waals surface area contributed by atoms with Crippen LogP contribution in [0.5, 0.6) is 0 Å². The Bertz CT molecular complexity index is 1300. The number of aryl methyl sites for hydroxylation is 2. The molecule has 0 fully saturated rings. The Balaban J connectivity index is 1.71. The van der Waals surface area contributed by atoms with Gasteiger partial charge in [-0.1, -0.05) is 29.5 Å². The van der Waals surface area contributed by atoms with Crippen LogP contribution in [-0.2, 0) is 27.4 Å². The van der Waals surface area contributed by atoms with Crippen LogP contribution in [-0.4, -0.2) is 34.3 Å². The number of nitrogens with one attached hydrogen (secondary N) is 1. The van der Waals surface area contributed by atoms with E-state index in [9.17, 15) is 18.5 Å². The fourth-order valence-electron chi connectivity index (χ4n) is 2.85. The van der Waals surface area contributed by atoms with Crippen LogP contribution in [0, 0.1) is 32.1 Å². The van der Waals surface area contributed by atoms with E-state index >= 15 is 0 Å². The largest absolute Gasteiger partial charge is 0.444 e. The van der Waals surface area contributed by atoms with Crippen molar-refractivity contribution in [3.8, 4) is 6.07 Å². The van der Waals surface area contributed by atoms with Crippen molar-refractivity contribution in [1.82, 2.24) is 14.8 Å². The molecule has 2 heterocycles. The lowest BCUT2D eigenvalue weighted by molar-refractivity contribution is -0.115. The molecule has 2 aromatic heterocycles. The van der Waals surface area contributed by atoms with Gasteiger partial charge in [0.1, 0.15) is 29.0 Å². The van der Waals surface area contributed by atoms with E-state index in [1.54, 1.807) is 56.7 Å². The molecule has 1 unspecified atom stereocenters. The number of thioether (sulfide) groups is 1. The number of sulfone groups is 1. The first-order chi connectivity index (χ1) is 15.0. The van der Waals surface area contributed by atoms with E-state index in [0.29, 0.717) is 16.5 Å². The number of hydrogen-bond donors (Lipinski definition) is 1. The van der Waals surface area contributed by atoms with Crippen LogP contribution in [0.3, 0.4) is 0 Å². The second-order valence-corrected chi connectivity index (χ2v) is 10.7. The predicted octanol–water partition coefficient (Wildman–Crippen LogP) is 3.30. The molecule has 0 saturated carbocycles. The molecule has 0 radical (unpaired) electrons. The monoisotopic (exact) mass is 473 g/mol. The Labute approximate surface area is 190 Å². The van der Waals surface area contributed by atoms with Gasteiger partial charge in [0.15, 0.2) is 15.0 Å². The number of anilines is 1. The van der Waals surface area contributed by atoms with E-state index in [1.165, 1.54) is 0 Å². The molecule has 3 rings (SSSR count). The van der Waals surface area contributed by atoms with Gasteiger partial charge in [-0.05, 0) is 39.8 Å². The number of furan rings is 1. The van der Waals surface area contributed by atoms with Crippen molar-refractivity contribution in [1.29, 1.82) is 5.26 Å². The van der Waals surface area contributed by atoms with Crippen molar-refractivity contribution < 1.29 is 17.6 Å². The van der Waals surface area contributed by atoms with Crippen LogP contribution in [0.4, 0.5) is 5.88 Å². The van der Waals surface area contributed by atoms with Gasteiger partial charge < -0.3 is 8.98 Å². The number of rotatable bonds is 7. The molecular weight excluding hydrogens is 450 g/mol. The van der Waals surface area contributed by atoms with Gasteiger partial charge in [0, 0.05) is 12.6 Å². The average molecular weight is 474 g/mol. The molecule has 1 amide bonds. The SMILES string of the molecule is Cc1ccc(S(=O)(=O)Cc2nnc(SC(C)C(=O)Nc3oc(C)c(C)c3C#N)n2C)cc1. The summed E-state index contributed by atoms with van der Waals surface area (Å²) in [6, 6.07) is 8.64. The number of hydrogen-bond acceptors (Lipinski definition) is 8. The molecule has 0 aliphatic rings. The first kappa shape index (κ1) is 23.6. The van der Waals surface area contributed by atoms with Gasteiger partial charge in [-0.2, -0.15) is 5.26 Å². The van der Waals surface area contributed by atoms with Crippen molar-refractivity contribution >= 4 is 33.4 Å². The van der Waals surface area contributed by atoms with E-state index in [4.69, 9.17) is 4.42 Å². The van der Waals surface area contributed by atoms with Crippen LogP contribution in [0.25, 0.3) is 0 Å². The van der Waals surface area contributed by atoms with Crippen LogP contribution >= 0.6 is 11.8 Å². The average Bonchev–Trinajstić information content (AvgIpc) is 3.20. The Hall–Kier alpha value is -3.10. The summed E-state index contributed by atoms with van der Waals surface area (Å²) >= 11 is 1.12.